The summed E-state index contributed by atoms with van der Waals surface area (Å²) in [5.74, 6) is 0.310. The molecule has 0 radical (unpaired) electrons. The molecule has 5 N–H and O–H groups in total. The van der Waals surface area contributed by atoms with Crippen LogP contribution in [0.25, 0.3) is 0 Å². The van der Waals surface area contributed by atoms with Crippen molar-refractivity contribution in [1.29, 1.82) is 0 Å². The van der Waals surface area contributed by atoms with Gasteiger partial charge < -0.3 is 21.4 Å². The highest BCUT2D eigenvalue weighted by atomic mass is 16.4. The minimum absolute atomic E-state index is 0.223. The Hall–Kier alpha value is -0.810. The van der Waals surface area contributed by atoms with Crippen LogP contribution in [0.1, 0.15) is 58.8 Å². The van der Waals surface area contributed by atoms with E-state index in [9.17, 15) is 0 Å². The first-order valence-corrected chi connectivity index (χ1v) is 7.34. The van der Waals surface area contributed by atoms with E-state index in [1.165, 1.54) is 12.8 Å². The van der Waals surface area contributed by atoms with Crippen molar-refractivity contribution in [3.8, 4) is 0 Å². The summed E-state index contributed by atoms with van der Waals surface area (Å²) in [7, 11) is 0. The number of rotatable bonds is 12. The van der Waals surface area contributed by atoms with E-state index in [1.54, 1.807) is 0 Å². The summed E-state index contributed by atoms with van der Waals surface area (Å²) in [4.78, 5) is 0. The zero-order valence-electron chi connectivity index (χ0n) is 12.5. The van der Waals surface area contributed by atoms with Gasteiger partial charge in [0.15, 0.2) is 0 Å². The second-order valence-corrected chi connectivity index (χ2v) is 5.71. The highest BCUT2D eigenvalue weighted by molar-refractivity contribution is 5.85. The van der Waals surface area contributed by atoms with Crippen molar-refractivity contribution in [3.05, 3.63) is 0 Å². The summed E-state index contributed by atoms with van der Waals surface area (Å²) in [5.41, 5.74) is 5.41. The summed E-state index contributed by atoms with van der Waals surface area (Å²) >= 11 is 0. The Bertz CT molecular complexity index is 243. The average Bonchev–Trinajstić information content (AvgIpc) is 2.39. The molecule has 0 spiro atoms. The lowest BCUT2D eigenvalue weighted by molar-refractivity contribution is 0.282. The Morgan fingerprint density at radius 3 is 2.21 bits per heavy atom. The van der Waals surface area contributed by atoms with Crippen LogP contribution >= 0.6 is 0 Å². The third-order valence-electron chi connectivity index (χ3n) is 3.47. The van der Waals surface area contributed by atoms with Gasteiger partial charge in [0.1, 0.15) is 5.84 Å². The summed E-state index contributed by atoms with van der Waals surface area (Å²) in [6, 6.07) is 0. The van der Waals surface area contributed by atoms with E-state index >= 15 is 0 Å². The van der Waals surface area contributed by atoms with E-state index in [0.29, 0.717) is 12.4 Å². The smallest absolute Gasteiger partial charge is 0.144 e. The van der Waals surface area contributed by atoms with E-state index in [2.05, 4.69) is 10.5 Å². The molecule has 0 heterocycles. The number of nitrogens with zero attached hydrogens (tertiary/aromatic N) is 1. The minimum atomic E-state index is -0.223. The lowest BCUT2D eigenvalue weighted by Crippen LogP contribution is -2.32. The molecule has 0 aromatic rings. The van der Waals surface area contributed by atoms with Crippen LogP contribution in [0.4, 0.5) is 0 Å². The number of hydrogen-bond donors (Lipinski definition) is 4. The van der Waals surface area contributed by atoms with Gasteiger partial charge in [-0.25, -0.2) is 0 Å². The van der Waals surface area contributed by atoms with Gasteiger partial charge in [-0.15, -0.1) is 0 Å². The molecule has 0 unspecified atom stereocenters. The SMILES string of the molecule is CC(C)(CCCCNCCCCCCO)C(N)=NO. The largest absolute Gasteiger partial charge is 0.409 e. The van der Waals surface area contributed by atoms with Crippen molar-refractivity contribution in [2.45, 2.75) is 58.8 Å². The fraction of sp³-hybridized carbons (Fsp3) is 0.929. The van der Waals surface area contributed by atoms with E-state index in [1.807, 2.05) is 13.8 Å². The topological polar surface area (TPSA) is 90.9 Å². The molecule has 0 amide bonds. The molecule has 0 bridgehead atoms. The number of amidine groups is 1. The zero-order valence-corrected chi connectivity index (χ0v) is 12.5. The van der Waals surface area contributed by atoms with Crippen LogP contribution in [-0.2, 0) is 0 Å². The van der Waals surface area contributed by atoms with E-state index < -0.39 is 0 Å². The molecule has 5 nitrogen and oxygen atoms in total. The van der Waals surface area contributed by atoms with Crippen LogP contribution < -0.4 is 11.1 Å². The fourth-order valence-corrected chi connectivity index (χ4v) is 1.92. The Labute approximate surface area is 117 Å². The molecule has 19 heavy (non-hydrogen) atoms. The zero-order chi connectivity index (χ0) is 14.6. The maximum absolute atomic E-state index is 8.67. The first-order valence-electron chi connectivity index (χ1n) is 7.34. The number of aliphatic hydroxyl groups is 1. The molecule has 0 aromatic carbocycles. The van der Waals surface area contributed by atoms with Gasteiger partial charge in [0.05, 0.1) is 0 Å². The second kappa shape index (κ2) is 11.1. The number of oxime groups is 1. The van der Waals surface area contributed by atoms with Crippen LogP contribution in [0.5, 0.6) is 0 Å². The van der Waals surface area contributed by atoms with Crippen molar-refractivity contribution in [2.75, 3.05) is 19.7 Å². The van der Waals surface area contributed by atoms with Crippen molar-refractivity contribution in [3.63, 3.8) is 0 Å². The summed E-state index contributed by atoms with van der Waals surface area (Å²) in [6.45, 7) is 6.37. The molecular weight excluding hydrogens is 242 g/mol. The number of unbranched alkanes of at least 4 members (excludes halogenated alkanes) is 4. The predicted molar refractivity (Wildman–Crippen MR) is 79.5 cm³/mol. The number of aliphatic hydroxyl groups excluding tert-OH is 1. The highest BCUT2D eigenvalue weighted by Crippen LogP contribution is 2.22. The highest BCUT2D eigenvalue weighted by Gasteiger charge is 2.22. The predicted octanol–water partition coefficient (Wildman–Crippen LogP) is 2.07. The molecule has 0 saturated heterocycles. The standard InChI is InChI=1S/C14H31N3O2/c1-14(2,13(15)17-19)9-5-7-11-16-10-6-3-4-8-12-18/h16,18-19H,3-12H2,1-2H3,(H2,15,17). The van der Waals surface area contributed by atoms with Crippen molar-refractivity contribution in [1.82, 2.24) is 5.32 Å². The third kappa shape index (κ3) is 9.73. The molecule has 0 aromatic heterocycles. The molecule has 0 aliphatic heterocycles. The quantitative estimate of drug-likeness (QED) is 0.144. The van der Waals surface area contributed by atoms with E-state index in [0.717, 1.165) is 45.2 Å². The van der Waals surface area contributed by atoms with Gasteiger partial charge in [-0.05, 0) is 38.8 Å². The second-order valence-electron chi connectivity index (χ2n) is 5.71. The van der Waals surface area contributed by atoms with Crippen LogP contribution in [0, 0.1) is 5.41 Å². The van der Waals surface area contributed by atoms with Crippen LogP contribution in [-0.4, -0.2) is 35.8 Å². The molecule has 0 aliphatic carbocycles. The molecule has 0 rings (SSSR count). The molecule has 0 aliphatic rings. The molecule has 5 heteroatoms. The Balaban J connectivity index is 3.36. The van der Waals surface area contributed by atoms with Gasteiger partial charge in [-0.1, -0.05) is 38.3 Å². The fourth-order valence-electron chi connectivity index (χ4n) is 1.92. The van der Waals surface area contributed by atoms with Gasteiger partial charge >= 0.3 is 0 Å². The van der Waals surface area contributed by atoms with Crippen LogP contribution in [0.15, 0.2) is 5.16 Å². The summed E-state index contributed by atoms with van der Waals surface area (Å²) < 4.78 is 0. The molecule has 0 saturated carbocycles. The molecular formula is C14H31N3O2. The number of nitrogens with one attached hydrogen (secondary N) is 1. The maximum atomic E-state index is 8.67. The lowest BCUT2D eigenvalue weighted by atomic mass is 9.86. The number of hydrogen-bond acceptors (Lipinski definition) is 4. The van der Waals surface area contributed by atoms with Crippen LogP contribution in [0.3, 0.4) is 0 Å². The third-order valence-corrected chi connectivity index (χ3v) is 3.47. The normalized spacial score (nSPS) is 12.9. The minimum Gasteiger partial charge on any atom is -0.409 e. The molecule has 114 valence electrons. The Morgan fingerprint density at radius 1 is 1.05 bits per heavy atom. The van der Waals surface area contributed by atoms with E-state index in [4.69, 9.17) is 16.0 Å². The first kappa shape index (κ1) is 18.2. The first-order chi connectivity index (χ1) is 9.04. The number of nitrogens with two attached hydrogens (primary N) is 1. The maximum Gasteiger partial charge on any atom is 0.144 e. The van der Waals surface area contributed by atoms with Gasteiger partial charge in [-0.2, -0.15) is 0 Å². The Morgan fingerprint density at radius 2 is 1.63 bits per heavy atom. The van der Waals surface area contributed by atoms with Crippen molar-refractivity contribution in [2.24, 2.45) is 16.3 Å². The van der Waals surface area contributed by atoms with Crippen molar-refractivity contribution < 1.29 is 10.3 Å². The molecule has 0 atom stereocenters. The van der Waals surface area contributed by atoms with Crippen LogP contribution in [0.2, 0.25) is 0 Å². The van der Waals surface area contributed by atoms with Gasteiger partial charge in [0, 0.05) is 12.0 Å². The summed E-state index contributed by atoms with van der Waals surface area (Å²) in [5, 5.41) is 23.8. The lowest BCUT2D eigenvalue weighted by Gasteiger charge is -2.22. The summed E-state index contributed by atoms with van der Waals surface area (Å²) in [6.07, 6.45) is 7.51. The Kier molecular flexibility index (Phi) is 10.6. The van der Waals surface area contributed by atoms with Gasteiger partial charge in [-0.3, -0.25) is 0 Å². The average molecular weight is 273 g/mol. The monoisotopic (exact) mass is 273 g/mol. The molecule has 0 fully saturated rings. The van der Waals surface area contributed by atoms with Gasteiger partial charge in [0.25, 0.3) is 0 Å². The van der Waals surface area contributed by atoms with E-state index in [-0.39, 0.29) is 5.41 Å². The van der Waals surface area contributed by atoms with Gasteiger partial charge in [0.2, 0.25) is 0 Å². The van der Waals surface area contributed by atoms with Crippen molar-refractivity contribution >= 4 is 5.84 Å².